The normalized spacial score (nSPS) is 22.6. The third kappa shape index (κ3) is 2.56. The molecule has 7 nitrogen and oxygen atoms in total. The van der Waals surface area contributed by atoms with Crippen molar-refractivity contribution in [2.45, 2.75) is 39.4 Å². The van der Waals surface area contributed by atoms with E-state index in [2.05, 4.69) is 5.10 Å². The Bertz CT molecular complexity index is 509. The van der Waals surface area contributed by atoms with Crippen LogP contribution in [0.1, 0.15) is 26.5 Å². The summed E-state index contributed by atoms with van der Waals surface area (Å²) in [6.45, 7) is 8.86. The number of nitrogens with zero attached hydrogens (tertiary/aromatic N) is 4. The molecule has 1 aliphatic rings. The van der Waals surface area contributed by atoms with Crippen LogP contribution in [-0.4, -0.2) is 39.5 Å². The van der Waals surface area contributed by atoms with Crippen molar-refractivity contribution in [3.05, 3.63) is 15.8 Å². The summed E-state index contributed by atoms with van der Waals surface area (Å²) in [6, 6.07) is 0. The van der Waals surface area contributed by atoms with Crippen LogP contribution in [0.15, 0.2) is 0 Å². The second-order valence-electron chi connectivity index (χ2n) is 5.71. The molecule has 1 fully saturated rings. The molecule has 1 aliphatic heterocycles. The molecule has 2 rings (SSSR count). The third-order valence-electron chi connectivity index (χ3n) is 3.21. The van der Waals surface area contributed by atoms with Gasteiger partial charge < -0.3 is 9.64 Å². The van der Waals surface area contributed by atoms with Gasteiger partial charge in [0.15, 0.2) is 0 Å². The van der Waals surface area contributed by atoms with E-state index >= 15 is 0 Å². The van der Waals surface area contributed by atoms with Crippen LogP contribution >= 0.6 is 0 Å². The van der Waals surface area contributed by atoms with E-state index in [-0.39, 0.29) is 22.3 Å². The van der Waals surface area contributed by atoms with Gasteiger partial charge in [-0.3, -0.25) is 10.1 Å². The fourth-order valence-electron chi connectivity index (χ4n) is 2.82. The molecule has 106 valence electrons. The van der Waals surface area contributed by atoms with Gasteiger partial charge in [0, 0.05) is 20.1 Å². The van der Waals surface area contributed by atoms with Gasteiger partial charge in [-0.15, -0.1) is 0 Å². The van der Waals surface area contributed by atoms with E-state index in [1.807, 2.05) is 25.7 Å². The van der Waals surface area contributed by atoms with Crippen LogP contribution in [0.3, 0.4) is 0 Å². The Morgan fingerprint density at radius 1 is 1.53 bits per heavy atom. The van der Waals surface area contributed by atoms with Crippen molar-refractivity contribution in [3.8, 4) is 0 Å². The molecule has 7 heteroatoms. The number of rotatable bonds is 2. The largest absolute Gasteiger partial charge is 0.369 e. The van der Waals surface area contributed by atoms with Gasteiger partial charge in [0.1, 0.15) is 5.69 Å². The van der Waals surface area contributed by atoms with Gasteiger partial charge >= 0.3 is 5.69 Å². The first kappa shape index (κ1) is 13.8. The molecular weight excluding hydrogens is 248 g/mol. The second kappa shape index (κ2) is 4.48. The summed E-state index contributed by atoms with van der Waals surface area (Å²) in [5.74, 6) is 0.561. The predicted molar refractivity (Wildman–Crippen MR) is 71.4 cm³/mol. The Hall–Kier alpha value is -1.63. The zero-order chi connectivity index (χ0) is 14.4. The molecule has 1 aromatic rings. The van der Waals surface area contributed by atoms with Crippen molar-refractivity contribution in [3.63, 3.8) is 0 Å². The molecule has 1 saturated heterocycles. The summed E-state index contributed by atoms with van der Waals surface area (Å²) in [5.41, 5.74) is 0.204. The number of nitro groups is 1. The summed E-state index contributed by atoms with van der Waals surface area (Å²) in [4.78, 5) is 12.9. The zero-order valence-corrected chi connectivity index (χ0v) is 12.0. The lowest BCUT2D eigenvalue weighted by Crippen LogP contribution is -2.52. The highest BCUT2D eigenvalue weighted by Crippen LogP contribution is 2.34. The van der Waals surface area contributed by atoms with Gasteiger partial charge in [0.2, 0.25) is 5.82 Å². The van der Waals surface area contributed by atoms with E-state index in [0.717, 1.165) is 0 Å². The smallest absolute Gasteiger partial charge is 0.333 e. The summed E-state index contributed by atoms with van der Waals surface area (Å²) in [7, 11) is 1.74. The fourth-order valence-corrected chi connectivity index (χ4v) is 2.82. The highest BCUT2D eigenvalue weighted by molar-refractivity contribution is 5.61. The highest BCUT2D eigenvalue weighted by Gasteiger charge is 2.37. The van der Waals surface area contributed by atoms with E-state index in [1.165, 1.54) is 0 Å². The number of hydrogen-bond acceptors (Lipinski definition) is 5. The molecule has 0 aromatic carbocycles. The summed E-state index contributed by atoms with van der Waals surface area (Å²) in [5, 5.41) is 15.4. The molecule has 2 heterocycles. The van der Waals surface area contributed by atoms with Crippen molar-refractivity contribution in [2.75, 3.05) is 18.0 Å². The fraction of sp³-hybridized carbons (Fsp3) is 0.750. The average Bonchev–Trinajstić information content (AvgIpc) is 2.50. The Morgan fingerprint density at radius 2 is 2.16 bits per heavy atom. The van der Waals surface area contributed by atoms with Crippen molar-refractivity contribution in [1.82, 2.24) is 9.78 Å². The lowest BCUT2D eigenvalue weighted by molar-refractivity contribution is -0.384. The van der Waals surface area contributed by atoms with Crippen molar-refractivity contribution in [1.29, 1.82) is 0 Å². The first-order valence-corrected chi connectivity index (χ1v) is 6.32. The Labute approximate surface area is 112 Å². The monoisotopic (exact) mass is 268 g/mol. The second-order valence-corrected chi connectivity index (χ2v) is 5.71. The van der Waals surface area contributed by atoms with Crippen LogP contribution in [0.4, 0.5) is 11.5 Å². The summed E-state index contributed by atoms with van der Waals surface area (Å²) in [6.07, 6.45) is 0.0264. The molecule has 0 radical (unpaired) electrons. The van der Waals surface area contributed by atoms with E-state index < -0.39 is 0 Å². The highest BCUT2D eigenvalue weighted by atomic mass is 16.6. The standard InChI is InChI=1S/C12H20N4O3/c1-8-6-15(7-12(3,4)19-8)11-10(16(17)18)9(2)13-14(11)5/h8H,6-7H2,1-5H3. The van der Waals surface area contributed by atoms with Crippen molar-refractivity contribution in [2.24, 2.45) is 7.05 Å². The van der Waals surface area contributed by atoms with Gasteiger partial charge in [-0.1, -0.05) is 0 Å². The predicted octanol–water partition coefficient (Wildman–Crippen LogP) is 1.64. The molecule has 0 bridgehead atoms. The van der Waals surface area contributed by atoms with E-state index in [4.69, 9.17) is 4.74 Å². The van der Waals surface area contributed by atoms with Gasteiger partial charge in [-0.05, 0) is 27.7 Å². The number of ether oxygens (including phenoxy) is 1. The van der Waals surface area contributed by atoms with Gasteiger partial charge in [0.05, 0.1) is 16.6 Å². The molecule has 19 heavy (non-hydrogen) atoms. The van der Waals surface area contributed by atoms with Crippen LogP contribution in [0.5, 0.6) is 0 Å². The first-order valence-electron chi connectivity index (χ1n) is 6.32. The maximum Gasteiger partial charge on any atom is 0.333 e. The Kier molecular flexibility index (Phi) is 3.25. The molecule has 1 aromatic heterocycles. The van der Waals surface area contributed by atoms with Gasteiger partial charge in [0.25, 0.3) is 0 Å². The summed E-state index contributed by atoms with van der Waals surface area (Å²) < 4.78 is 7.42. The SMILES string of the molecule is Cc1nn(C)c(N2CC(C)OC(C)(C)C2)c1[N+](=O)[O-]. The zero-order valence-electron chi connectivity index (χ0n) is 12.0. The average molecular weight is 268 g/mol. The lowest BCUT2D eigenvalue weighted by atomic mass is 10.1. The number of anilines is 1. The van der Waals surface area contributed by atoms with Crippen molar-refractivity contribution < 1.29 is 9.66 Å². The molecule has 0 saturated carbocycles. The molecule has 1 unspecified atom stereocenters. The first-order chi connectivity index (χ1) is 8.71. The maximum atomic E-state index is 11.2. The molecule has 0 N–H and O–H groups in total. The molecule has 0 amide bonds. The lowest BCUT2D eigenvalue weighted by Gasteiger charge is -2.42. The quantitative estimate of drug-likeness (QED) is 0.602. The third-order valence-corrected chi connectivity index (χ3v) is 3.21. The minimum atomic E-state index is -0.356. The van der Waals surface area contributed by atoms with Crippen LogP contribution < -0.4 is 4.90 Å². The molecule has 0 aliphatic carbocycles. The molecule has 1 atom stereocenters. The number of aromatic nitrogens is 2. The van der Waals surface area contributed by atoms with Crippen LogP contribution in [0, 0.1) is 17.0 Å². The number of morpholine rings is 1. The van der Waals surface area contributed by atoms with E-state index in [1.54, 1.807) is 18.7 Å². The van der Waals surface area contributed by atoms with E-state index in [0.29, 0.717) is 24.6 Å². The Balaban J connectivity index is 2.44. The van der Waals surface area contributed by atoms with Crippen LogP contribution in [0.2, 0.25) is 0 Å². The van der Waals surface area contributed by atoms with Crippen molar-refractivity contribution >= 4 is 11.5 Å². The topological polar surface area (TPSA) is 73.4 Å². The molecular formula is C12H20N4O3. The van der Waals surface area contributed by atoms with Crippen LogP contribution in [-0.2, 0) is 11.8 Å². The van der Waals surface area contributed by atoms with Gasteiger partial charge in [-0.2, -0.15) is 5.10 Å². The minimum Gasteiger partial charge on any atom is -0.369 e. The maximum absolute atomic E-state index is 11.2. The van der Waals surface area contributed by atoms with E-state index in [9.17, 15) is 10.1 Å². The Morgan fingerprint density at radius 3 is 2.68 bits per heavy atom. The van der Waals surface area contributed by atoms with Crippen LogP contribution in [0.25, 0.3) is 0 Å². The minimum absolute atomic E-state index is 0.0264. The van der Waals surface area contributed by atoms with Gasteiger partial charge in [-0.25, -0.2) is 4.68 Å². The number of aryl methyl sites for hydroxylation is 2. The summed E-state index contributed by atoms with van der Waals surface area (Å²) >= 11 is 0. The molecule has 0 spiro atoms. The number of hydrogen-bond donors (Lipinski definition) is 0.